The molecule has 1 heteroatoms. The average Bonchev–Trinajstić information content (AvgIpc) is 2.26. The van der Waals surface area contributed by atoms with Crippen LogP contribution < -0.4 is 5.32 Å². The molecule has 0 radical (unpaired) electrons. The van der Waals surface area contributed by atoms with Gasteiger partial charge < -0.3 is 5.32 Å². The molecule has 1 aromatic carbocycles. The summed E-state index contributed by atoms with van der Waals surface area (Å²) in [5, 5.41) is 3.65. The van der Waals surface area contributed by atoms with Gasteiger partial charge in [-0.15, -0.1) is 0 Å². The lowest BCUT2D eigenvalue weighted by Crippen LogP contribution is -2.30. The molecule has 0 heterocycles. The molecule has 0 fully saturated rings. The topological polar surface area (TPSA) is 12.0 Å². The Balaban J connectivity index is 2.60. The quantitative estimate of drug-likeness (QED) is 0.770. The van der Waals surface area contributed by atoms with Gasteiger partial charge in [-0.3, -0.25) is 0 Å². The highest BCUT2D eigenvalue weighted by molar-refractivity contribution is 5.23. The largest absolute Gasteiger partial charge is 0.307 e. The first kappa shape index (κ1) is 12.3. The molecular weight excluding hydrogens is 182 g/mol. The molecule has 15 heavy (non-hydrogen) atoms. The normalized spacial score (nSPS) is 13.1. The third-order valence-corrected chi connectivity index (χ3v) is 3.05. The van der Waals surface area contributed by atoms with E-state index < -0.39 is 0 Å². The molecule has 1 rings (SSSR count). The van der Waals surface area contributed by atoms with Gasteiger partial charge in [0.1, 0.15) is 0 Å². The second-order valence-corrected chi connectivity index (χ2v) is 4.31. The van der Waals surface area contributed by atoms with Crippen LogP contribution in [-0.2, 0) is 0 Å². The van der Waals surface area contributed by atoms with Crippen molar-refractivity contribution in [3.63, 3.8) is 0 Å². The smallest absolute Gasteiger partial charge is 0.0294 e. The Bertz CT molecular complexity index is 272. The van der Waals surface area contributed by atoms with Crippen LogP contribution in [-0.4, -0.2) is 6.04 Å². The number of hydrogen-bond acceptors (Lipinski definition) is 1. The molecule has 0 aromatic heterocycles. The van der Waals surface area contributed by atoms with Crippen molar-refractivity contribution in [1.82, 2.24) is 5.32 Å². The maximum absolute atomic E-state index is 3.65. The summed E-state index contributed by atoms with van der Waals surface area (Å²) in [5.41, 5.74) is 2.71. The summed E-state index contributed by atoms with van der Waals surface area (Å²) in [5.74, 6) is 0. The molecule has 1 unspecified atom stereocenters. The zero-order valence-electron chi connectivity index (χ0n) is 10.4. The van der Waals surface area contributed by atoms with Gasteiger partial charge in [0, 0.05) is 12.1 Å². The van der Waals surface area contributed by atoms with Gasteiger partial charge in [-0.2, -0.15) is 0 Å². The SMILES string of the molecule is CCC(CC)NC(C)c1ccc(C)cc1. The van der Waals surface area contributed by atoms with Crippen LogP contribution >= 0.6 is 0 Å². The zero-order chi connectivity index (χ0) is 11.3. The molecule has 0 amide bonds. The van der Waals surface area contributed by atoms with Crippen molar-refractivity contribution in [2.45, 2.75) is 52.6 Å². The van der Waals surface area contributed by atoms with Crippen molar-refractivity contribution < 1.29 is 0 Å². The molecule has 0 spiro atoms. The van der Waals surface area contributed by atoms with Crippen molar-refractivity contribution in [3.8, 4) is 0 Å². The van der Waals surface area contributed by atoms with E-state index in [0.717, 1.165) is 0 Å². The molecule has 0 saturated heterocycles. The first-order chi connectivity index (χ1) is 7.17. The van der Waals surface area contributed by atoms with Crippen LogP contribution in [0.4, 0.5) is 0 Å². The summed E-state index contributed by atoms with van der Waals surface area (Å²) in [6, 6.07) is 9.89. The van der Waals surface area contributed by atoms with Crippen molar-refractivity contribution in [2.24, 2.45) is 0 Å². The van der Waals surface area contributed by atoms with E-state index in [9.17, 15) is 0 Å². The molecule has 84 valence electrons. The fourth-order valence-corrected chi connectivity index (χ4v) is 1.83. The Morgan fingerprint density at radius 3 is 2.07 bits per heavy atom. The van der Waals surface area contributed by atoms with E-state index in [1.807, 2.05) is 0 Å². The molecule has 0 aliphatic carbocycles. The monoisotopic (exact) mass is 205 g/mol. The van der Waals surface area contributed by atoms with E-state index in [-0.39, 0.29) is 0 Å². The predicted octanol–water partition coefficient (Wildman–Crippen LogP) is 3.83. The Hall–Kier alpha value is -0.820. The fraction of sp³-hybridized carbons (Fsp3) is 0.571. The van der Waals surface area contributed by atoms with Crippen LogP contribution in [0.25, 0.3) is 0 Å². The Labute approximate surface area is 93.9 Å². The number of benzene rings is 1. The second-order valence-electron chi connectivity index (χ2n) is 4.31. The zero-order valence-corrected chi connectivity index (χ0v) is 10.4. The lowest BCUT2D eigenvalue weighted by Gasteiger charge is -2.21. The number of aryl methyl sites for hydroxylation is 1. The van der Waals surface area contributed by atoms with Gasteiger partial charge in [0.05, 0.1) is 0 Å². The number of nitrogens with one attached hydrogen (secondary N) is 1. The highest BCUT2D eigenvalue weighted by Gasteiger charge is 2.09. The van der Waals surface area contributed by atoms with E-state index in [4.69, 9.17) is 0 Å². The highest BCUT2D eigenvalue weighted by atomic mass is 14.9. The Morgan fingerprint density at radius 1 is 1.07 bits per heavy atom. The molecule has 0 saturated carbocycles. The second kappa shape index (κ2) is 5.92. The highest BCUT2D eigenvalue weighted by Crippen LogP contribution is 2.15. The van der Waals surface area contributed by atoms with E-state index in [1.165, 1.54) is 24.0 Å². The lowest BCUT2D eigenvalue weighted by atomic mass is 10.0. The van der Waals surface area contributed by atoms with E-state index in [1.54, 1.807) is 0 Å². The van der Waals surface area contributed by atoms with Crippen molar-refractivity contribution in [3.05, 3.63) is 35.4 Å². The van der Waals surface area contributed by atoms with Gasteiger partial charge in [-0.25, -0.2) is 0 Å². The minimum Gasteiger partial charge on any atom is -0.307 e. The Morgan fingerprint density at radius 2 is 1.60 bits per heavy atom. The predicted molar refractivity (Wildman–Crippen MR) is 67.1 cm³/mol. The lowest BCUT2D eigenvalue weighted by molar-refractivity contribution is 0.432. The summed E-state index contributed by atoms with van der Waals surface area (Å²) in [6.45, 7) is 8.85. The number of rotatable bonds is 5. The maximum Gasteiger partial charge on any atom is 0.0294 e. The third kappa shape index (κ3) is 3.67. The number of hydrogen-bond donors (Lipinski definition) is 1. The average molecular weight is 205 g/mol. The Kier molecular flexibility index (Phi) is 4.83. The van der Waals surface area contributed by atoms with Gasteiger partial charge >= 0.3 is 0 Å². The molecule has 1 atom stereocenters. The first-order valence-corrected chi connectivity index (χ1v) is 6.00. The molecular formula is C14H23N. The van der Waals surface area contributed by atoms with Crippen LogP contribution in [0.3, 0.4) is 0 Å². The van der Waals surface area contributed by atoms with Gasteiger partial charge in [0.25, 0.3) is 0 Å². The minimum atomic E-state index is 0.454. The fourth-order valence-electron chi connectivity index (χ4n) is 1.83. The summed E-state index contributed by atoms with van der Waals surface area (Å²) >= 11 is 0. The van der Waals surface area contributed by atoms with Crippen LogP contribution in [0.5, 0.6) is 0 Å². The van der Waals surface area contributed by atoms with Crippen LogP contribution in [0.1, 0.15) is 50.8 Å². The summed E-state index contributed by atoms with van der Waals surface area (Å²) < 4.78 is 0. The molecule has 1 aromatic rings. The van der Waals surface area contributed by atoms with Crippen molar-refractivity contribution >= 4 is 0 Å². The molecule has 1 N–H and O–H groups in total. The van der Waals surface area contributed by atoms with Gasteiger partial charge in [-0.1, -0.05) is 43.7 Å². The summed E-state index contributed by atoms with van der Waals surface area (Å²) in [7, 11) is 0. The first-order valence-electron chi connectivity index (χ1n) is 6.00. The van der Waals surface area contributed by atoms with Crippen LogP contribution in [0.15, 0.2) is 24.3 Å². The third-order valence-electron chi connectivity index (χ3n) is 3.05. The maximum atomic E-state index is 3.65. The van der Waals surface area contributed by atoms with Crippen LogP contribution in [0.2, 0.25) is 0 Å². The standard InChI is InChI=1S/C14H23N/c1-5-14(6-2)15-12(4)13-9-7-11(3)8-10-13/h7-10,12,14-15H,5-6H2,1-4H3. The summed E-state index contributed by atoms with van der Waals surface area (Å²) in [4.78, 5) is 0. The van der Waals surface area contributed by atoms with Crippen molar-refractivity contribution in [2.75, 3.05) is 0 Å². The van der Waals surface area contributed by atoms with E-state index in [2.05, 4.69) is 57.3 Å². The minimum absolute atomic E-state index is 0.454. The van der Waals surface area contributed by atoms with Gasteiger partial charge in [0.2, 0.25) is 0 Å². The van der Waals surface area contributed by atoms with Crippen molar-refractivity contribution in [1.29, 1.82) is 0 Å². The van der Waals surface area contributed by atoms with E-state index >= 15 is 0 Å². The van der Waals surface area contributed by atoms with Gasteiger partial charge in [0.15, 0.2) is 0 Å². The van der Waals surface area contributed by atoms with Crippen LogP contribution in [0, 0.1) is 6.92 Å². The molecule has 0 aliphatic rings. The molecule has 1 nitrogen and oxygen atoms in total. The summed E-state index contributed by atoms with van der Waals surface area (Å²) in [6.07, 6.45) is 2.40. The molecule has 0 bridgehead atoms. The van der Waals surface area contributed by atoms with Gasteiger partial charge in [-0.05, 0) is 32.3 Å². The van der Waals surface area contributed by atoms with E-state index in [0.29, 0.717) is 12.1 Å². The molecule has 0 aliphatic heterocycles.